The maximum Gasteiger partial charge on any atom is 0.274 e. The number of benzene rings is 2. The number of thiazole rings is 1. The van der Waals surface area contributed by atoms with Gasteiger partial charge in [-0.2, -0.15) is 5.26 Å². The quantitative estimate of drug-likeness (QED) is 0.472. The van der Waals surface area contributed by atoms with Gasteiger partial charge in [0, 0.05) is 11.3 Å². The molecule has 2 aromatic heterocycles. The summed E-state index contributed by atoms with van der Waals surface area (Å²) in [6.45, 7) is 0.0813. The van der Waals surface area contributed by atoms with Crippen LogP contribution in [-0.4, -0.2) is 16.4 Å². The van der Waals surface area contributed by atoms with Crippen LogP contribution in [0.3, 0.4) is 0 Å². The second-order valence-corrected chi connectivity index (χ2v) is 8.34. The average Bonchev–Trinajstić information content (AvgIpc) is 3.56. The zero-order chi connectivity index (χ0) is 23.7. The number of nitriles is 1. The van der Waals surface area contributed by atoms with Crippen LogP contribution in [0.5, 0.6) is 0 Å². The lowest BCUT2D eigenvalue weighted by atomic mass is 10.1. The Morgan fingerprint density at radius 3 is 2.56 bits per heavy atom. The molecule has 0 saturated carbocycles. The molecule has 1 aliphatic heterocycles. The molecule has 5 rings (SSSR count). The minimum absolute atomic E-state index is 0.0813. The van der Waals surface area contributed by atoms with Crippen LogP contribution < -0.4 is 25.4 Å². The second kappa shape index (κ2) is 8.69. The Balaban J connectivity index is 1.78. The van der Waals surface area contributed by atoms with E-state index in [1.54, 1.807) is 66.7 Å². The minimum Gasteiger partial charge on any atom is -0.467 e. The van der Waals surface area contributed by atoms with Gasteiger partial charge in [-0.3, -0.25) is 19.0 Å². The smallest absolute Gasteiger partial charge is 0.274 e. The van der Waals surface area contributed by atoms with Gasteiger partial charge < -0.3 is 15.1 Å². The Hall–Kier alpha value is -4.68. The first kappa shape index (κ1) is 21.2. The van der Waals surface area contributed by atoms with Crippen LogP contribution in [0.4, 0.5) is 5.69 Å². The maximum absolute atomic E-state index is 13.6. The highest BCUT2D eigenvalue weighted by Gasteiger charge is 2.27. The molecule has 0 unspecified atom stereocenters. The Morgan fingerprint density at radius 1 is 1.06 bits per heavy atom. The van der Waals surface area contributed by atoms with Crippen molar-refractivity contribution in [2.45, 2.75) is 6.54 Å². The Morgan fingerprint density at radius 2 is 1.82 bits per heavy atom. The van der Waals surface area contributed by atoms with Crippen LogP contribution in [-0.2, 0) is 16.1 Å². The van der Waals surface area contributed by atoms with Crippen LogP contribution in [0.2, 0.25) is 0 Å². The minimum atomic E-state index is -0.655. The van der Waals surface area contributed by atoms with Crippen molar-refractivity contribution in [3.63, 3.8) is 0 Å². The Labute approximate surface area is 196 Å². The lowest BCUT2D eigenvalue weighted by Crippen LogP contribution is -2.34. The Kier molecular flexibility index (Phi) is 5.41. The number of carbonyl (C=O) groups is 2. The molecule has 0 fully saturated rings. The summed E-state index contributed by atoms with van der Waals surface area (Å²) in [4.78, 5) is 39.4. The summed E-state index contributed by atoms with van der Waals surface area (Å²) in [5, 5.41) is 15.3. The topological polar surface area (TPSA) is 117 Å². The number of hydrogen-bond donors (Lipinski definition) is 2. The summed E-state index contributed by atoms with van der Waals surface area (Å²) in [5.74, 6) is -0.544. The van der Waals surface area contributed by atoms with Crippen LogP contribution in [0.25, 0.3) is 16.8 Å². The highest BCUT2D eigenvalue weighted by atomic mass is 32.1. The summed E-state index contributed by atoms with van der Waals surface area (Å²) >= 11 is 0.939. The van der Waals surface area contributed by atoms with Gasteiger partial charge in [0.25, 0.3) is 17.4 Å². The largest absolute Gasteiger partial charge is 0.467 e. The van der Waals surface area contributed by atoms with Crippen molar-refractivity contribution in [3.05, 3.63) is 104 Å². The molecule has 4 aromatic rings. The third-order valence-electron chi connectivity index (χ3n) is 5.27. The van der Waals surface area contributed by atoms with Gasteiger partial charge in [-0.05, 0) is 30.3 Å². The first-order valence-electron chi connectivity index (χ1n) is 10.3. The van der Waals surface area contributed by atoms with Crippen molar-refractivity contribution in [2.75, 3.05) is 5.32 Å². The molecule has 3 heterocycles. The van der Waals surface area contributed by atoms with Gasteiger partial charge in [-0.25, -0.2) is 0 Å². The summed E-state index contributed by atoms with van der Waals surface area (Å²) in [5.41, 5.74) is 1.16. The summed E-state index contributed by atoms with van der Waals surface area (Å²) in [6, 6.07) is 21.1. The van der Waals surface area contributed by atoms with E-state index < -0.39 is 17.4 Å². The molecule has 0 aliphatic carbocycles. The van der Waals surface area contributed by atoms with Gasteiger partial charge >= 0.3 is 0 Å². The third kappa shape index (κ3) is 3.62. The highest BCUT2D eigenvalue weighted by Crippen LogP contribution is 2.29. The molecule has 166 valence electrons. The van der Waals surface area contributed by atoms with E-state index in [0.717, 1.165) is 11.3 Å². The first-order chi connectivity index (χ1) is 16.6. The van der Waals surface area contributed by atoms with Crippen LogP contribution in [0.1, 0.15) is 11.3 Å². The van der Waals surface area contributed by atoms with Gasteiger partial charge in [-0.1, -0.05) is 36.4 Å². The number of nitrogens with zero attached hydrogens (tertiary/aromatic N) is 2. The van der Waals surface area contributed by atoms with Crippen molar-refractivity contribution in [1.29, 1.82) is 5.26 Å². The van der Waals surface area contributed by atoms with Crippen LogP contribution >= 0.6 is 11.3 Å². The number of fused-ring (bicyclic) bond motifs is 1. The standard InChI is InChI=1S/C25H16N4O4S/c26-13-18(22(30)27-14-16-9-6-12-33-16)25-29(15-7-2-1-3-8-15)24(32)21(34-25)20-17-10-4-5-11-19(17)28-23(20)31/h1-12H,14H2,(H,27,30)(H,28,31)/b21-20-,25-18-. The fraction of sp³-hybridized carbons (Fsp3) is 0.0400. The van der Waals surface area contributed by atoms with E-state index in [-0.39, 0.29) is 26.9 Å². The fourth-order valence-electron chi connectivity index (χ4n) is 3.72. The number of furan rings is 1. The van der Waals surface area contributed by atoms with E-state index in [1.807, 2.05) is 6.07 Å². The number of anilines is 1. The zero-order valence-corrected chi connectivity index (χ0v) is 18.4. The SMILES string of the molecule is N#C/C(C(=O)NCc1ccco1)=c1/s/c(=C2\C(=O)Nc3ccccc32)c(=O)n1-c1ccccc1. The summed E-state index contributed by atoms with van der Waals surface area (Å²) < 4.78 is 6.80. The number of hydrogen-bond acceptors (Lipinski definition) is 6. The molecular formula is C25H16N4O4S. The van der Waals surface area contributed by atoms with Crippen molar-refractivity contribution >= 4 is 40.0 Å². The van der Waals surface area contributed by atoms with Gasteiger partial charge in [0.1, 0.15) is 21.0 Å². The molecule has 0 bridgehead atoms. The van der Waals surface area contributed by atoms with Gasteiger partial charge in [0.05, 0.1) is 24.1 Å². The van der Waals surface area contributed by atoms with Crippen molar-refractivity contribution < 1.29 is 14.0 Å². The van der Waals surface area contributed by atoms with E-state index in [2.05, 4.69) is 10.6 Å². The predicted octanol–water partition coefficient (Wildman–Crippen LogP) is 1.63. The number of nitrogens with one attached hydrogen (secondary N) is 2. The number of amides is 2. The maximum atomic E-state index is 13.6. The normalized spacial score (nSPS) is 14.7. The van der Waals surface area contributed by atoms with Crippen LogP contribution in [0, 0.1) is 11.3 Å². The molecule has 9 heteroatoms. The van der Waals surface area contributed by atoms with Crippen molar-refractivity contribution in [3.8, 4) is 11.8 Å². The molecule has 34 heavy (non-hydrogen) atoms. The first-order valence-corrected chi connectivity index (χ1v) is 11.1. The van der Waals surface area contributed by atoms with Gasteiger partial charge in [0.2, 0.25) is 0 Å². The molecule has 0 spiro atoms. The summed E-state index contributed by atoms with van der Waals surface area (Å²) in [7, 11) is 0. The molecule has 0 radical (unpaired) electrons. The van der Waals surface area contributed by atoms with E-state index >= 15 is 0 Å². The molecule has 1 aliphatic rings. The molecule has 8 nitrogen and oxygen atoms in total. The monoisotopic (exact) mass is 468 g/mol. The van der Waals surface area contributed by atoms with E-state index in [0.29, 0.717) is 22.7 Å². The Bertz CT molecular complexity index is 1640. The lowest BCUT2D eigenvalue weighted by Gasteiger charge is -2.04. The fourth-order valence-corrected chi connectivity index (χ4v) is 4.92. The number of rotatable bonds is 4. The molecule has 2 amide bonds. The van der Waals surface area contributed by atoms with E-state index in [1.165, 1.54) is 10.8 Å². The lowest BCUT2D eigenvalue weighted by molar-refractivity contribution is -0.115. The van der Waals surface area contributed by atoms with Crippen molar-refractivity contribution in [1.82, 2.24) is 9.88 Å². The third-order valence-corrected chi connectivity index (χ3v) is 6.43. The van der Waals surface area contributed by atoms with Crippen molar-refractivity contribution in [2.24, 2.45) is 0 Å². The molecular weight excluding hydrogens is 452 g/mol. The zero-order valence-electron chi connectivity index (χ0n) is 17.6. The average molecular weight is 468 g/mol. The highest BCUT2D eigenvalue weighted by molar-refractivity contribution is 7.08. The molecule has 2 N–H and O–H groups in total. The van der Waals surface area contributed by atoms with E-state index in [9.17, 15) is 19.6 Å². The number of aromatic nitrogens is 1. The van der Waals surface area contributed by atoms with Gasteiger partial charge in [0.15, 0.2) is 5.57 Å². The molecule has 0 atom stereocenters. The van der Waals surface area contributed by atoms with Gasteiger partial charge in [-0.15, -0.1) is 11.3 Å². The molecule has 2 aromatic carbocycles. The second-order valence-electron chi connectivity index (χ2n) is 7.34. The van der Waals surface area contributed by atoms with Crippen LogP contribution in [0.15, 0.2) is 82.2 Å². The number of para-hydroxylation sites is 2. The summed E-state index contributed by atoms with van der Waals surface area (Å²) in [6.07, 6.45) is 1.48. The van der Waals surface area contributed by atoms with E-state index in [4.69, 9.17) is 4.42 Å². The molecule has 0 saturated heterocycles. The predicted molar refractivity (Wildman–Crippen MR) is 126 cm³/mol. The number of carbonyl (C=O) groups excluding carboxylic acids is 2.